The summed E-state index contributed by atoms with van der Waals surface area (Å²) >= 11 is 6.54. The Morgan fingerprint density at radius 1 is 1.23 bits per heavy atom. The lowest BCUT2D eigenvalue weighted by Gasteiger charge is -2.30. The summed E-state index contributed by atoms with van der Waals surface area (Å²) in [6, 6.07) is 5.44. The molecule has 0 spiro atoms. The fraction of sp³-hybridized carbons (Fsp3) is 0.400. The molecule has 0 bridgehead atoms. The molecule has 3 aliphatic rings. The number of carbonyl (C=O) groups is 3. The molecule has 4 rings (SSSR count). The number of benzene rings is 1. The van der Waals surface area contributed by atoms with E-state index in [9.17, 15) is 14.4 Å². The molecule has 1 aromatic rings. The van der Waals surface area contributed by atoms with Crippen molar-refractivity contribution in [1.29, 1.82) is 0 Å². The number of fused-ring (bicyclic) bond motifs is 1. The molecule has 2 amide bonds. The second-order valence-corrected chi connectivity index (χ2v) is 8.87. The van der Waals surface area contributed by atoms with Crippen molar-refractivity contribution in [2.45, 2.75) is 19.3 Å². The molecule has 10 heteroatoms. The van der Waals surface area contributed by atoms with Gasteiger partial charge in [0.15, 0.2) is 11.5 Å². The van der Waals surface area contributed by atoms with Crippen LogP contribution in [-0.4, -0.2) is 63.4 Å². The third-order valence-corrected chi connectivity index (χ3v) is 6.69. The smallest absolute Gasteiger partial charge is 0.306 e. The number of thioether (sulfide) groups is 1. The molecule has 0 aliphatic carbocycles. The largest absolute Gasteiger partial charge is 0.481 e. The number of piperidine rings is 1. The maximum absolute atomic E-state index is 12.8. The summed E-state index contributed by atoms with van der Waals surface area (Å²) in [6.45, 7) is 1.25. The summed E-state index contributed by atoms with van der Waals surface area (Å²) in [5.74, 6) is -0.203. The zero-order valence-corrected chi connectivity index (χ0v) is 17.7. The molecule has 3 heterocycles. The van der Waals surface area contributed by atoms with Gasteiger partial charge in [-0.15, -0.1) is 0 Å². The van der Waals surface area contributed by atoms with Crippen molar-refractivity contribution in [1.82, 2.24) is 9.80 Å². The predicted octanol–water partition coefficient (Wildman–Crippen LogP) is 2.33. The molecule has 1 aromatic carbocycles. The minimum absolute atomic E-state index is 0.0901. The Kier molecular flexibility index (Phi) is 5.96. The Bertz CT molecular complexity index is 939. The van der Waals surface area contributed by atoms with Gasteiger partial charge >= 0.3 is 5.97 Å². The molecule has 0 aromatic heterocycles. The van der Waals surface area contributed by atoms with Gasteiger partial charge in [0.2, 0.25) is 12.7 Å². The molecule has 0 unspecified atom stereocenters. The highest BCUT2D eigenvalue weighted by atomic mass is 32.2. The van der Waals surface area contributed by atoms with Crippen molar-refractivity contribution in [2.75, 3.05) is 26.4 Å². The summed E-state index contributed by atoms with van der Waals surface area (Å²) in [5, 5.41) is 9.06. The standard InChI is InChI=1S/C20H20N2O6S2/c23-17(21-6-3-13(4-7-21)19(25)26)5-8-22-18(24)16(30-20(22)29)10-12-1-2-14-15(9-12)28-11-27-14/h1-2,9-10,13H,3-8,11H2,(H,25,26). The van der Waals surface area contributed by atoms with Crippen LogP contribution in [-0.2, 0) is 14.4 Å². The van der Waals surface area contributed by atoms with Gasteiger partial charge in [-0.2, -0.15) is 0 Å². The van der Waals surface area contributed by atoms with Crippen LogP contribution in [0.15, 0.2) is 23.1 Å². The van der Waals surface area contributed by atoms with Crippen LogP contribution in [0, 0.1) is 5.92 Å². The molecule has 3 aliphatic heterocycles. The number of carboxylic acid groups (broad SMARTS) is 1. The van der Waals surface area contributed by atoms with Crippen LogP contribution >= 0.6 is 24.0 Å². The number of hydrogen-bond acceptors (Lipinski definition) is 7. The topological polar surface area (TPSA) is 96.4 Å². The van der Waals surface area contributed by atoms with Gasteiger partial charge in [0, 0.05) is 26.1 Å². The normalized spacial score (nSPS) is 20.3. The molecule has 1 N–H and O–H groups in total. The fourth-order valence-corrected chi connectivity index (χ4v) is 4.90. The maximum Gasteiger partial charge on any atom is 0.306 e. The molecule has 2 saturated heterocycles. The summed E-state index contributed by atoms with van der Waals surface area (Å²) in [7, 11) is 0. The molecule has 0 saturated carbocycles. The van der Waals surface area contributed by atoms with E-state index in [0.717, 1.165) is 5.56 Å². The predicted molar refractivity (Wildman–Crippen MR) is 114 cm³/mol. The van der Waals surface area contributed by atoms with Gasteiger partial charge in [-0.05, 0) is 36.6 Å². The quantitative estimate of drug-likeness (QED) is 0.542. The number of carboxylic acids is 1. The highest BCUT2D eigenvalue weighted by molar-refractivity contribution is 8.26. The second kappa shape index (κ2) is 8.65. The highest BCUT2D eigenvalue weighted by Gasteiger charge is 2.33. The van der Waals surface area contributed by atoms with Gasteiger partial charge in [0.1, 0.15) is 4.32 Å². The summed E-state index contributed by atoms with van der Waals surface area (Å²) in [5.41, 5.74) is 0.803. The average molecular weight is 449 g/mol. The van der Waals surface area contributed by atoms with Crippen LogP contribution in [0.5, 0.6) is 11.5 Å². The fourth-order valence-electron chi connectivity index (χ4n) is 3.59. The zero-order valence-electron chi connectivity index (χ0n) is 16.0. The molecular weight excluding hydrogens is 428 g/mol. The number of likely N-dealkylation sites (tertiary alicyclic amines) is 1. The Balaban J connectivity index is 1.34. The van der Waals surface area contributed by atoms with Gasteiger partial charge in [-0.3, -0.25) is 19.3 Å². The SMILES string of the molecule is O=C(O)C1CCN(C(=O)CCN2C(=O)C(=Cc3ccc4c(c3)OCO4)SC2=S)CC1. The van der Waals surface area contributed by atoms with E-state index in [1.165, 1.54) is 16.7 Å². The van der Waals surface area contributed by atoms with E-state index < -0.39 is 5.97 Å². The average Bonchev–Trinajstić information content (AvgIpc) is 3.30. The first-order valence-corrected chi connectivity index (χ1v) is 10.8. The third kappa shape index (κ3) is 4.29. The lowest BCUT2D eigenvalue weighted by molar-refractivity contribution is -0.145. The van der Waals surface area contributed by atoms with Crippen molar-refractivity contribution in [3.63, 3.8) is 0 Å². The Morgan fingerprint density at radius 2 is 1.97 bits per heavy atom. The first-order chi connectivity index (χ1) is 14.4. The van der Waals surface area contributed by atoms with Crippen molar-refractivity contribution in [3.05, 3.63) is 28.7 Å². The van der Waals surface area contributed by atoms with E-state index in [0.29, 0.717) is 46.7 Å². The van der Waals surface area contributed by atoms with E-state index in [1.807, 2.05) is 6.07 Å². The molecule has 0 radical (unpaired) electrons. The number of amides is 2. The Morgan fingerprint density at radius 3 is 2.70 bits per heavy atom. The minimum Gasteiger partial charge on any atom is -0.481 e. The third-order valence-electron chi connectivity index (χ3n) is 5.31. The Hall–Kier alpha value is -2.59. The van der Waals surface area contributed by atoms with Crippen molar-refractivity contribution >= 4 is 52.2 Å². The van der Waals surface area contributed by atoms with Crippen LogP contribution in [0.1, 0.15) is 24.8 Å². The zero-order chi connectivity index (χ0) is 21.3. The number of ether oxygens (including phenoxy) is 2. The van der Waals surface area contributed by atoms with E-state index in [-0.39, 0.29) is 37.5 Å². The molecule has 8 nitrogen and oxygen atoms in total. The van der Waals surface area contributed by atoms with Crippen molar-refractivity contribution < 1.29 is 29.0 Å². The number of thiocarbonyl (C=S) groups is 1. The van der Waals surface area contributed by atoms with Crippen LogP contribution in [0.2, 0.25) is 0 Å². The first-order valence-electron chi connectivity index (χ1n) is 9.58. The van der Waals surface area contributed by atoms with E-state index in [1.54, 1.807) is 23.1 Å². The molecule has 30 heavy (non-hydrogen) atoms. The van der Waals surface area contributed by atoms with Crippen LogP contribution < -0.4 is 9.47 Å². The van der Waals surface area contributed by atoms with Crippen LogP contribution in [0.3, 0.4) is 0 Å². The van der Waals surface area contributed by atoms with Gasteiger partial charge in [0.25, 0.3) is 5.91 Å². The molecular formula is C20H20N2O6S2. The van der Waals surface area contributed by atoms with Crippen LogP contribution in [0.25, 0.3) is 6.08 Å². The van der Waals surface area contributed by atoms with E-state index in [4.69, 9.17) is 26.8 Å². The van der Waals surface area contributed by atoms with E-state index >= 15 is 0 Å². The molecule has 0 atom stereocenters. The maximum atomic E-state index is 12.8. The first kappa shape index (κ1) is 20.7. The van der Waals surface area contributed by atoms with Crippen molar-refractivity contribution in [3.8, 4) is 11.5 Å². The number of carbonyl (C=O) groups excluding carboxylic acids is 2. The molecule has 2 fully saturated rings. The number of nitrogens with zero attached hydrogens (tertiary/aromatic N) is 2. The van der Waals surface area contributed by atoms with Gasteiger partial charge in [-0.1, -0.05) is 30.0 Å². The minimum atomic E-state index is -0.811. The summed E-state index contributed by atoms with van der Waals surface area (Å²) in [6.07, 6.45) is 2.82. The number of hydrogen-bond donors (Lipinski definition) is 1. The van der Waals surface area contributed by atoms with Crippen LogP contribution in [0.4, 0.5) is 0 Å². The monoisotopic (exact) mass is 448 g/mol. The molecule has 158 valence electrons. The number of aliphatic carboxylic acids is 1. The lowest BCUT2D eigenvalue weighted by Crippen LogP contribution is -2.41. The summed E-state index contributed by atoms with van der Waals surface area (Å²) in [4.78, 5) is 39.9. The second-order valence-electron chi connectivity index (χ2n) is 7.19. The van der Waals surface area contributed by atoms with E-state index in [2.05, 4.69) is 0 Å². The van der Waals surface area contributed by atoms with Crippen molar-refractivity contribution in [2.24, 2.45) is 5.92 Å². The van der Waals surface area contributed by atoms with Gasteiger partial charge < -0.3 is 19.5 Å². The summed E-state index contributed by atoms with van der Waals surface area (Å²) < 4.78 is 11.1. The highest BCUT2D eigenvalue weighted by Crippen LogP contribution is 2.36. The lowest BCUT2D eigenvalue weighted by atomic mass is 9.97. The van der Waals surface area contributed by atoms with Gasteiger partial charge in [0.05, 0.1) is 10.8 Å². The number of rotatable bonds is 5. The van der Waals surface area contributed by atoms with Gasteiger partial charge in [-0.25, -0.2) is 0 Å². The Labute approximate surface area is 182 Å².